The highest BCUT2D eigenvalue weighted by molar-refractivity contribution is 6.30. The third-order valence-corrected chi connectivity index (χ3v) is 3.43. The number of rotatable bonds is 2. The first-order valence-corrected chi connectivity index (χ1v) is 6.17. The molecule has 0 amide bonds. The molecule has 0 unspecified atom stereocenters. The Morgan fingerprint density at radius 2 is 2.12 bits per heavy atom. The average Bonchev–Trinajstić information content (AvgIpc) is 2.79. The van der Waals surface area contributed by atoms with E-state index in [2.05, 4.69) is 27.0 Å². The van der Waals surface area contributed by atoms with Crippen molar-refractivity contribution in [1.29, 1.82) is 0 Å². The van der Waals surface area contributed by atoms with E-state index >= 15 is 0 Å². The van der Waals surface area contributed by atoms with Crippen LogP contribution in [0.5, 0.6) is 0 Å². The molecule has 1 aromatic carbocycles. The van der Waals surface area contributed by atoms with Gasteiger partial charge in [-0.3, -0.25) is 4.90 Å². The summed E-state index contributed by atoms with van der Waals surface area (Å²) in [6.07, 6.45) is 2.82. The zero-order chi connectivity index (χ0) is 11.7. The van der Waals surface area contributed by atoms with Gasteiger partial charge in [-0.2, -0.15) is 0 Å². The summed E-state index contributed by atoms with van der Waals surface area (Å²) >= 11 is 5.88. The van der Waals surface area contributed by atoms with E-state index in [9.17, 15) is 0 Å². The van der Waals surface area contributed by atoms with Crippen molar-refractivity contribution in [2.75, 3.05) is 6.54 Å². The van der Waals surface area contributed by atoms with Gasteiger partial charge in [0.1, 0.15) is 0 Å². The molecule has 2 aromatic rings. The van der Waals surface area contributed by atoms with Crippen LogP contribution in [0.15, 0.2) is 30.6 Å². The summed E-state index contributed by atoms with van der Waals surface area (Å²) in [5.74, 6) is 0. The largest absolute Gasteiger partial charge is 0.347 e. The second-order valence-electron chi connectivity index (χ2n) is 4.41. The minimum Gasteiger partial charge on any atom is -0.347 e. The Hall–Kier alpha value is -1.32. The fraction of sp³-hybridized carbons (Fsp3) is 0.308. The number of aromatic nitrogens is 2. The number of fused-ring (bicyclic) bond motifs is 1. The van der Waals surface area contributed by atoms with Crippen molar-refractivity contribution in [3.63, 3.8) is 0 Å². The van der Waals surface area contributed by atoms with Gasteiger partial charge >= 0.3 is 0 Å². The molecule has 1 N–H and O–H groups in total. The van der Waals surface area contributed by atoms with Crippen molar-refractivity contribution < 1.29 is 0 Å². The lowest BCUT2D eigenvalue weighted by molar-refractivity contribution is 0.241. The molecule has 4 heteroatoms. The van der Waals surface area contributed by atoms with Crippen LogP contribution in [0.1, 0.15) is 17.0 Å². The minimum atomic E-state index is 0.795. The van der Waals surface area contributed by atoms with E-state index in [0.717, 1.165) is 31.1 Å². The summed E-state index contributed by atoms with van der Waals surface area (Å²) in [6, 6.07) is 8.07. The van der Waals surface area contributed by atoms with E-state index in [1.54, 1.807) is 6.33 Å². The van der Waals surface area contributed by atoms with E-state index in [1.165, 1.54) is 17.0 Å². The average molecular weight is 248 g/mol. The van der Waals surface area contributed by atoms with E-state index in [4.69, 9.17) is 11.6 Å². The number of aromatic amines is 1. The fourth-order valence-corrected chi connectivity index (χ4v) is 2.38. The van der Waals surface area contributed by atoms with E-state index in [0.29, 0.717) is 0 Å². The zero-order valence-electron chi connectivity index (χ0n) is 9.49. The topological polar surface area (TPSA) is 31.9 Å². The maximum atomic E-state index is 5.88. The number of nitrogens with one attached hydrogen (secondary N) is 1. The lowest BCUT2D eigenvalue weighted by atomic mass is 10.1. The molecule has 2 heterocycles. The van der Waals surface area contributed by atoms with Crippen LogP contribution in [0.2, 0.25) is 5.02 Å². The number of halogens is 1. The van der Waals surface area contributed by atoms with Gasteiger partial charge in [0.15, 0.2) is 0 Å². The summed E-state index contributed by atoms with van der Waals surface area (Å²) in [6.45, 7) is 2.99. The molecule has 17 heavy (non-hydrogen) atoms. The Balaban J connectivity index is 1.69. The first-order valence-electron chi connectivity index (χ1n) is 5.79. The number of imidazole rings is 1. The third-order valence-electron chi connectivity index (χ3n) is 3.17. The van der Waals surface area contributed by atoms with Crippen LogP contribution in [-0.2, 0) is 19.5 Å². The van der Waals surface area contributed by atoms with Crippen molar-refractivity contribution >= 4 is 11.6 Å². The van der Waals surface area contributed by atoms with Gasteiger partial charge in [-0.15, -0.1) is 0 Å². The molecule has 0 radical (unpaired) electrons. The second kappa shape index (κ2) is 4.51. The van der Waals surface area contributed by atoms with Gasteiger partial charge in [0.25, 0.3) is 0 Å². The van der Waals surface area contributed by atoms with Gasteiger partial charge in [-0.1, -0.05) is 23.7 Å². The number of nitrogens with zero attached hydrogens (tertiary/aromatic N) is 2. The fourth-order valence-electron chi connectivity index (χ4n) is 2.25. The summed E-state index contributed by atoms with van der Waals surface area (Å²) in [5, 5.41) is 0.795. The van der Waals surface area contributed by atoms with Gasteiger partial charge in [0.05, 0.1) is 17.7 Å². The van der Waals surface area contributed by atoms with Gasteiger partial charge < -0.3 is 4.98 Å². The molecule has 0 bridgehead atoms. The van der Waals surface area contributed by atoms with Crippen LogP contribution < -0.4 is 0 Å². The van der Waals surface area contributed by atoms with Crippen LogP contribution in [0.3, 0.4) is 0 Å². The molecule has 0 aliphatic carbocycles. The predicted molar refractivity (Wildman–Crippen MR) is 67.9 cm³/mol. The molecule has 0 saturated carbocycles. The smallest absolute Gasteiger partial charge is 0.0925 e. The standard InChI is InChI=1S/C13H14ClN3/c14-11-3-1-10(2-4-11)7-17-6-5-12-13(8-17)16-9-15-12/h1-4,9H,5-8H2,(H,15,16). The van der Waals surface area contributed by atoms with Crippen LogP contribution in [0, 0.1) is 0 Å². The lowest BCUT2D eigenvalue weighted by Crippen LogP contribution is -2.30. The van der Waals surface area contributed by atoms with Crippen molar-refractivity contribution in [3.8, 4) is 0 Å². The summed E-state index contributed by atoms with van der Waals surface area (Å²) in [4.78, 5) is 9.94. The first kappa shape index (κ1) is 10.8. The number of benzene rings is 1. The summed E-state index contributed by atoms with van der Waals surface area (Å²) in [5.41, 5.74) is 3.78. The van der Waals surface area contributed by atoms with Gasteiger partial charge in [-0.05, 0) is 17.7 Å². The van der Waals surface area contributed by atoms with Gasteiger partial charge in [-0.25, -0.2) is 4.98 Å². The van der Waals surface area contributed by atoms with Crippen LogP contribution >= 0.6 is 11.6 Å². The van der Waals surface area contributed by atoms with Crippen molar-refractivity contribution in [2.45, 2.75) is 19.5 Å². The number of H-pyrrole nitrogens is 1. The summed E-state index contributed by atoms with van der Waals surface area (Å²) in [7, 11) is 0. The van der Waals surface area contributed by atoms with Gasteiger partial charge in [0.2, 0.25) is 0 Å². The minimum absolute atomic E-state index is 0.795. The highest BCUT2D eigenvalue weighted by Crippen LogP contribution is 2.18. The molecule has 0 saturated heterocycles. The first-order chi connectivity index (χ1) is 8.31. The van der Waals surface area contributed by atoms with Crippen molar-refractivity contribution in [1.82, 2.24) is 14.9 Å². The number of hydrogen-bond acceptors (Lipinski definition) is 2. The Labute approximate surface area is 105 Å². The molecular formula is C13H14ClN3. The van der Waals surface area contributed by atoms with E-state index < -0.39 is 0 Å². The maximum absolute atomic E-state index is 5.88. The molecule has 0 atom stereocenters. The van der Waals surface area contributed by atoms with Crippen LogP contribution in [0.4, 0.5) is 0 Å². The normalized spacial score (nSPS) is 15.8. The van der Waals surface area contributed by atoms with Crippen LogP contribution in [-0.4, -0.2) is 21.4 Å². The molecule has 3 rings (SSSR count). The number of hydrogen-bond donors (Lipinski definition) is 1. The molecule has 0 spiro atoms. The molecule has 1 aliphatic rings. The quantitative estimate of drug-likeness (QED) is 0.885. The summed E-state index contributed by atoms with van der Waals surface area (Å²) < 4.78 is 0. The SMILES string of the molecule is Clc1ccc(CN2CCc3nc[nH]c3C2)cc1. The van der Waals surface area contributed by atoms with Gasteiger partial charge in [0, 0.05) is 31.1 Å². The monoisotopic (exact) mass is 247 g/mol. The Kier molecular flexibility index (Phi) is 2.87. The molecule has 1 aliphatic heterocycles. The Bertz CT molecular complexity index is 504. The molecular weight excluding hydrogens is 234 g/mol. The highest BCUT2D eigenvalue weighted by Gasteiger charge is 2.17. The molecule has 0 fully saturated rings. The highest BCUT2D eigenvalue weighted by atomic mass is 35.5. The van der Waals surface area contributed by atoms with E-state index in [1.807, 2.05) is 12.1 Å². The lowest BCUT2D eigenvalue weighted by Gasteiger charge is -2.26. The Morgan fingerprint density at radius 1 is 1.29 bits per heavy atom. The van der Waals surface area contributed by atoms with Crippen LogP contribution in [0.25, 0.3) is 0 Å². The third kappa shape index (κ3) is 2.35. The maximum Gasteiger partial charge on any atom is 0.0925 e. The molecule has 88 valence electrons. The predicted octanol–water partition coefficient (Wildman–Crippen LogP) is 2.62. The zero-order valence-corrected chi connectivity index (χ0v) is 10.2. The Morgan fingerprint density at radius 3 is 2.94 bits per heavy atom. The molecule has 3 nitrogen and oxygen atoms in total. The van der Waals surface area contributed by atoms with E-state index in [-0.39, 0.29) is 0 Å². The van der Waals surface area contributed by atoms with Crippen molar-refractivity contribution in [2.24, 2.45) is 0 Å². The second-order valence-corrected chi connectivity index (χ2v) is 4.85. The van der Waals surface area contributed by atoms with Crippen molar-refractivity contribution in [3.05, 3.63) is 52.6 Å². The molecule has 1 aromatic heterocycles.